The largest absolute Gasteiger partial charge is 0.493 e. The summed E-state index contributed by atoms with van der Waals surface area (Å²) in [5.41, 5.74) is 2.08. The van der Waals surface area contributed by atoms with Crippen molar-refractivity contribution in [3.8, 4) is 17.6 Å². The minimum atomic E-state index is -0.298. The standard InChI is InChI=1S/C25H19N3O3/c1-30-22-13-7-10-18(23(22)31-16-17-8-3-2-4-9-17)14-19(15-26)24-27-21-12-6-5-11-20(21)25(29)28-24/h2-14H,16H2,1H3,(H,27,28,29)/b19-14-. The van der Waals surface area contributed by atoms with Gasteiger partial charge in [-0.25, -0.2) is 4.98 Å². The molecule has 0 aliphatic rings. The third-order valence-electron chi connectivity index (χ3n) is 4.74. The van der Waals surface area contributed by atoms with Crippen LogP contribution in [0.15, 0.2) is 77.6 Å². The number of H-pyrrole nitrogens is 1. The van der Waals surface area contributed by atoms with E-state index in [1.807, 2.05) is 42.5 Å². The number of hydrogen-bond acceptors (Lipinski definition) is 5. The average molecular weight is 409 g/mol. The zero-order chi connectivity index (χ0) is 21.6. The number of para-hydroxylation sites is 2. The van der Waals surface area contributed by atoms with E-state index in [-0.39, 0.29) is 17.0 Å². The Bertz CT molecular complexity index is 1350. The van der Waals surface area contributed by atoms with Crippen LogP contribution in [-0.4, -0.2) is 17.1 Å². The second-order valence-electron chi connectivity index (χ2n) is 6.75. The molecule has 1 N–H and O–H groups in total. The van der Waals surface area contributed by atoms with Gasteiger partial charge in [0.05, 0.1) is 23.6 Å². The number of aromatic nitrogens is 2. The lowest BCUT2D eigenvalue weighted by Crippen LogP contribution is -2.11. The highest BCUT2D eigenvalue weighted by atomic mass is 16.5. The molecule has 0 aliphatic heterocycles. The fourth-order valence-electron chi connectivity index (χ4n) is 3.21. The molecule has 6 nitrogen and oxygen atoms in total. The molecule has 1 heterocycles. The highest BCUT2D eigenvalue weighted by Gasteiger charge is 2.13. The maximum absolute atomic E-state index is 12.4. The number of rotatable bonds is 6. The molecular formula is C25H19N3O3. The van der Waals surface area contributed by atoms with E-state index in [0.29, 0.717) is 34.6 Å². The summed E-state index contributed by atoms with van der Waals surface area (Å²) in [4.78, 5) is 19.6. The van der Waals surface area contributed by atoms with E-state index < -0.39 is 0 Å². The van der Waals surface area contributed by atoms with Crippen molar-refractivity contribution in [2.45, 2.75) is 6.61 Å². The summed E-state index contributed by atoms with van der Waals surface area (Å²) in [5, 5.41) is 10.2. The number of methoxy groups -OCH3 is 1. The lowest BCUT2D eigenvalue weighted by molar-refractivity contribution is 0.284. The summed E-state index contributed by atoms with van der Waals surface area (Å²) in [6.07, 6.45) is 1.63. The second-order valence-corrected chi connectivity index (χ2v) is 6.75. The van der Waals surface area contributed by atoms with Crippen LogP contribution in [0.2, 0.25) is 0 Å². The molecular weight excluding hydrogens is 390 g/mol. The molecule has 4 aromatic rings. The Labute approximate surface area is 179 Å². The van der Waals surface area contributed by atoms with E-state index >= 15 is 0 Å². The molecule has 0 atom stereocenters. The van der Waals surface area contributed by atoms with Gasteiger partial charge in [0.2, 0.25) is 0 Å². The van der Waals surface area contributed by atoms with E-state index in [2.05, 4.69) is 16.0 Å². The molecule has 0 bridgehead atoms. The first-order chi connectivity index (χ1) is 15.2. The molecule has 0 amide bonds. The van der Waals surface area contributed by atoms with Gasteiger partial charge in [-0.1, -0.05) is 54.6 Å². The van der Waals surface area contributed by atoms with Crippen molar-refractivity contribution in [1.29, 1.82) is 5.26 Å². The zero-order valence-electron chi connectivity index (χ0n) is 16.8. The van der Waals surface area contributed by atoms with Gasteiger partial charge in [-0.3, -0.25) is 4.79 Å². The molecule has 31 heavy (non-hydrogen) atoms. The zero-order valence-corrected chi connectivity index (χ0v) is 16.8. The number of nitrogens with one attached hydrogen (secondary N) is 1. The normalized spacial score (nSPS) is 11.2. The third kappa shape index (κ3) is 4.31. The van der Waals surface area contributed by atoms with E-state index in [4.69, 9.17) is 9.47 Å². The molecule has 0 spiro atoms. The lowest BCUT2D eigenvalue weighted by atomic mass is 10.1. The van der Waals surface area contributed by atoms with Gasteiger partial charge in [0.15, 0.2) is 17.3 Å². The van der Waals surface area contributed by atoms with Gasteiger partial charge in [-0.2, -0.15) is 5.26 Å². The highest BCUT2D eigenvalue weighted by molar-refractivity contribution is 5.90. The van der Waals surface area contributed by atoms with Gasteiger partial charge in [0.25, 0.3) is 5.56 Å². The molecule has 0 aliphatic carbocycles. The van der Waals surface area contributed by atoms with Crippen molar-refractivity contribution in [2.75, 3.05) is 7.11 Å². The predicted molar refractivity (Wildman–Crippen MR) is 120 cm³/mol. The fourth-order valence-corrected chi connectivity index (χ4v) is 3.21. The molecule has 0 fully saturated rings. The quantitative estimate of drug-likeness (QED) is 0.471. The van der Waals surface area contributed by atoms with Gasteiger partial charge < -0.3 is 14.5 Å². The number of hydrogen-bond donors (Lipinski definition) is 1. The molecule has 6 heteroatoms. The van der Waals surface area contributed by atoms with Crippen LogP contribution >= 0.6 is 0 Å². The second kappa shape index (κ2) is 8.97. The SMILES string of the molecule is COc1cccc(/C=C(/C#N)c2nc3ccccc3c(=O)[nH]2)c1OCc1ccccc1. The van der Waals surface area contributed by atoms with E-state index in [9.17, 15) is 10.1 Å². The number of nitrogens with zero attached hydrogens (tertiary/aromatic N) is 2. The number of aromatic amines is 1. The molecule has 0 unspecified atom stereocenters. The topological polar surface area (TPSA) is 88.0 Å². The van der Waals surface area contributed by atoms with Gasteiger partial charge in [-0.05, 0) is 29.8 Å². The monoisotopic (exact) mass is 409 g/mol. The molecule has 4 rings (SSSR count). The fraction of sp³-hybridized carbons (Fsp3) is 0.0800. The Hall–Kier alpha value is -4.37. The van der Waals surface area contributed by atoms with Gasteiger partial charge >= 0.3 is 0 Å². The number of benzene rings is 3. The number of ether oxygens (including phenoxy) is 2. The summed E-state index contributed by atoms with van der Waals surface area (Å²) in [5.74, 6) is 1.25. The Morgan fingerprint density at radius 3 is 2.61 bits per heavy atom. The summed E-state index contributed by atoms with van der Waals surface area (Å²) in [6.45, 7) is 0.342. The van der Waals surface area contributed by atoms with Crippen molar-refractivity contribution in [1.82, 2.24) is 9.97 Å². The summed E-state index contributed by atoms with van der Waals surface area (Å²) >= 11 is 0. The van der Waals surface area contributed by atoms with Crippen LogP contribution in [-0.2, 0) is 6.61 Å². The van der Waals surface area contributed by atoms with Crippen molar-refractivity contribution >= 4 is 22.6 Å². The predicted octanol–water partition coefficient (Wildman–Crippen LogP) is 4.57. The Morgan fingerprint density at radius 1 is 1.06 bits per heavy atom. The summed E-state index contributed by atoms with van der Waals surface area (Å²) < 4.78 is 11.5. The van der Waals surface area contributed by atoms with Crippen LogP contribution in [0.25, 0.3) is 22.6 Å². The lowest BCUT2D eigenvalue weighted by Gasteiger charge is -2.14. The minimum Gasteiger partial charge on any atom is -0.493 e. The van der Waals surface area contributed by atoms with Crippen molar-refractivity contribution in [2.24, 2.45) is 0 Å². The Kier molecular flexibility index (Phi) is 5.77. The minimum absolute atomic E-state index is 0.197. The maximum atomic E-state index is 12.4. The van der Waals surface area contributed by atoms with E-state index in [0.717, 1.165) is 5.56 Å². The van der Waals surface area contributed by atoms with Crippen LogP contribution in [0.4, 0.5) is 0 Å². The number of nitriles is 1. The molecule has 152 valence electrons. The average Bonchev–Trinajstić information content (AvgIpc) is 2.82. The Balaban J connectivity index is 1.76. The van der Waals surface area contributed by atoms with Gasteiger partial charge in [-0.15, -0.1) is 0 Å². The first-order valence-corrected chi connectivity index (χ1v) is 9.64. The molecule has 0 radical (unpaired) electrons. The maximum Gasteiger partial charge on any atom is 0.259 e. The van der Waals surface area contributed by atoms with Crippen LogP contribution in [0.1, 0.15) is 17.0 Å². The van der Waals surface area contributed by atoms with Crippen molar-refractivity contribution in [3.63, 3.8) is 0 Å². The smallest absolute Gasteiger partial charge is 0.259 e. The molecule has 0 saturated heterocycles. The van der Waals surface area contributed by atoms with E-state index in [1.54, 1.807) is 43.5 Å². The van der Waals surface area contributed by atoms with E-state index in [1.165, 1.54) is 0 Å². The first-order valence-electron chi connectivity index (χ1n) is 9.64. The summed E-state index contributed by atoms with van der Waals surface area (Å²) in [6, 6.07) is 24.3. The third-order valence-corrected chi connectivity index (χ3v) is 4.74. The van der Waals surface area contributed by atoms with Crippen molar-refractivity contribution < 1.29 is 9.47 Å². The van der Waals surface area contributed by atoms with Gasteiger partial charge in [0.1, 0.15) is 12.7 Å². The molecule has 3 aromatic carbocycles. The summed E-state index contributed by atoms with van der Waals surface area (Å²) in [7, 11) is 1.56. The number of fused-ring (bicyclic) bond motifs is 1. The Morgan fingerprint density at radius 2 is 1.84 bits per heavy atom. The van der Waals surface area contributed by atoms with Crippen LogP contribution in [0.3, 0.4) is 0 Å². The van der Waals surface area contributed by atoms with Crippen LogP contribution in [0, 0.1) is 11.3 Å². The highest BCUT2D eigenvalue weighted by Crippen LogP contribution is 2.34. The van der Waals surface area contributed by atoms with Crippen molar-refractivity contribution in [3.05, 3.63) is 100 Å². The van der Waals surface area contributed by atoms with Crippen LogP contribution < -0.4 is 15.0 Å². The number of allylic oxidation sites excluding steroid dienone is 1. The van der Waals surface area contributed by atoms with Gasteiger partial charge in [0, 0.05) is 5.56 Å². The van der Waals surface area contributed by atoms with Crippen LogP contribution in [0.5, 0.6) is 11.5 Å². The molecule has 0 saturated carbocycles. The first kappa shape index (κ1) is 19.9. The molecule has 1 aromatic heterocycles.